The third-order valence-corrected chi connectivity index (χ3v) is 5.03. The van der Waals surface area contributed by atoms with Crippen molar-refractivity contribution in [2.24, 2.45) is 11.1 Å². The minimum atomic E-state index is 0.345. The lowest BCUT2D eigenvalue weighted by atomic mass is 9.86. The summed E-state index contributed by atoms with van der Waals surface area (Å²) in [7, 11) is 0. The highest BCUT2D eigenvalue weighted by Gasteiger charge is 2.32. The smallest absolute Gasteiger partial charge is 0.110 e. The van der Waals surface area contributed by atoms with Crippen LogP contribution >= 0.6 is 11.3 Å². The molecule has 3 nitrogen and oxygen atoms in total. The molecule has 0 saturated heterocycles. The largest absolute Gasteiger partial charge is 0.330 e. The summed E-state index contributed by atoms with van der Waals surface area (Å²) in [4.78, 5) is 4.53. The van der Waals surface area contributed by atoms with E-state index < -0.39 is 0 Å². The number of thiazole rings is 1. The molecule has 96 valence electrons. The van der Waals surface area contributed by atoms with Crippen LogP contribution in [-0.4, -0.2) is 18.1 Å². The topological polar surface area (TPSA) is 50.9 Å². The van der Waals surface area contributed by atoms with Gasteiger partial charge in [-0.1, -0.05) is 12.8 Å². The quantitative estimate of drug-likeness (QED) is 0.848. The van der Waals surface area contributed by atoms with E-state index in [0.717, 1.165) is 18.8 Å². The van der Waals surface area contributed by atoms with Crippen molar-refractivity contribution in [3.8, 4) is 0 Å². The highest BCUT2D eigenvalue weighted by molar-refractivity contribution is 7.09. The van der Waals surface area contributed by atoms with Gasteiger partial charge in [0.1, 0.15) is 5.01 Å². The summed E-state index contributed by atoms with van der Waals surface area (Å²) in [5, 5.41) is 6.91. The molecule has 0 bridgehead atoms. The van der Waals surface area contributed by atoms with Crippen LogP contribution < -0.4 is 11.1 Å². The molecule has 3 N–H and O–H groups in total. The van der Waals surface area contributed by atoms with Gasteiger partial charge in [-0.05, 0) is 38.6 Å². The Labute approximate surface area is 108 Å². The van der Waals surface area contributed by atoms with Gasteiger partial charge in [-0.25, -0.2) is 4.98 Å². The fourth-order valence-corrected chi connectivity index (χ4v) is 3.43. The normalized spacial score (nSPS) is 20.6. The molecule has 0 spiro atoms. The SMILES string of the molecule is Cc1csc(C(C)NCC2(CN)CCCC2)n1. The standard InChI is InChI=1S/C13H23N3S/c1-10-7-17-12(16-10)11(2)15-9-13(8-14)5-3-4-6-13/h7,11,15H,3-6,8-9,14H2,1-2H3. The van der Waals surface area contributed by atoms with Gasteiger partial charge in [-0.2, -0.15) is 0 Å². The predicted molar refractivity (Wildman–Crippen MR) is 73.2 cm³/mol. The van der Waals surface area contributed by atoms with E-state index in [1.165, 1.54) is 30.7 Å². The van der Waals surface area contributed by atoms with Gasteiger partial charge in [-0.15, -0.1) is 11.3 Å². The Balaban J connectivity index is 1.89. The molecule has 0 radical (unpaired) electrons. The molecule has 2 rings (SSSR count). The molecular formula is C13H23N3S. The van der Waals surface area contributed by atoms with Crippen LogP contribution in [0.2, 0.25) is 0 Å². The second-order valence-corrected chi connectivity index (χ2v) is 6.23. The minimum Gasteiger partial charge on any atom is -0.330 e. The Morgan fingerprint density at radius 1 is 1.53 bits per heavy atom. The number of rotatable bonds is 5. The number of hydrogen-bond donors (Lipinski definition) is 2. The van der Waals surface area contributed by atoms with Crippen LogP contribution in [-0.2, 0) is 0 Å². The van der Waals surface area contributed by atoms with E-state index in [4.69, 9.17) is 5.73 Å². The molecule has 1 aromatic heterocycles. The Bertz CT molecular complexity index is 355. The molecule has 1 heterocycles. The van der Waals surface area contributed by atoms with Crippen molar-refractivity contribution in [3.63, 3.8) is 0 Å². The average Bonchev–Trinajstić information content (AvgIpc) is 2.95. The summed E-state index contributed by atoms with van der Waals surface area (Å²) >= 11 is 1.74. The molecule has 0 aliphatic heterocycles. The Morgan fingerprint density at radius 3 is 2.76 bits per heavy atom. The van der Waals surface area contributed by atoms with Crippen LogP contribution in [0.3, 0.4) is 0 Å². The molecule has 1 aromatic rings. The summed E-state index contributed by atoms with van der Waals surface area (Å²) in [6.07, 6.45) is 5.23. The van der Waals surface area contributed by atoms with E-state index in [1.807, 2.05) is 6.92 Å². The lowest BCUT2D eigenvalue weighted by Crippen LogP contribution is -2.39. The van der Waals surface area contributed by atoms with E-state index in [1.54, 1.807) is 11.3 Å². The van der Waals surface area contributed by atoms with Crippen LogP contribution in [0.1, 0.15) is 49.4 Å². The van der Waals surface area contributed by atoms with E-state index in [2.05, 4.69) is 22.6 Å². The molecule has 4 heteroatoms. The van der Waals surface area contributed by atoms with Gasteiger partial charge in [0.15, 0.2) is 0 Å². The van der Waals surface area contributed by atoms with Crippen molar-refractivity contribution >= 4 is 11.3 Å². The van der Waals surface area contributed by atoms with E-state index in [9.17, 15) is 0 Å². The maximum atomic E-state index is 5.94. The highest BCUT2D eigenvalue weighted by Crippen LogP contribution is 2.36. The number of nitrogens with one attached hydrogen (secondary N) is 1. The molecule has 1 aliphatic rings. The van der Waals surface area contributed by atoms with E-state index in [-0.39, 0.29) is 0 Å². The zero-order valence-corrected chi connectivity index (χ0v) is 11.6. The number of nitrogens with zero attached hydrogens (tertiary/aromatic N) is 1. The van der Waals surface area contributed by atoms with Crippen LogP contribution in [0.5, 0.6) is 0 Å². The maximum absolute atomic E-state index is 5.94. The summed E-state index contributed by atoms with van der Waals surface area (Å²) < 4.78 is 0. The summed E-state index contributed by atoms with van der Waals surface area (Å²) in [5.74, 6) is 0. The van der Waals surface area contributed by atoms with Crippen molar-refractivity contribution in [1.82, 2.24) is 10.3 Å². The molecule has 1 saturated carbocycles. The first-order valence-electron chi connectivity index (χ1n) is 6.51. The zero-order chi connectivity index (χ0) is 12.3. The highest BCUT2D eigenvalue weighted by atomic mass is 32.1. The Kier molecular flexibility index (Phi) is 4.17. The first-order chi connectivity index (χ1) is 8.15. The molecule has 17 heavy (non-hydrogen) atoms. The number of aryl methyl sites for hydroxylation is 1. The molecule has 1 atom stereocenters. The Hall–Kier alpha value is -0.450. The van der Waals surface area contributed by atoms with Gasteiger partial charge in [0.05, 0.1) is 6.04 Å². The number of hydrogen-bond acceptors (Lipinski definition) is 4. The van der Waals surface area contributed by atoms with E-state index >= 15 is 0 Å². The predicted octanol–water partition coefficient (Wildman–Crippen LogP) is 2.62. The molecular weight excluding hydrogens is 230 g/mol. The second-order valence-electron chi connectivity index (χ2n) is 5.34. The van der Waals surface area contributed by atoms with Crippen molar-refractivity contribution in [3.05, 3.63) is 16.1 Å². The monoisotopic (exact) mass is 253 g/mol. The maximum Gasteiger partial charge on any atom is 0.110 e. The van der Waals surface area contributed by atoms with Gasteiger partial charge >= 0.3 is 0 Å². The van der Waals surface area contributed by atoms with Crippen LogP contribution in [0.25, 0.3) is 0 Å². The van der Waals surface area contributed by atoms with Crippen molar-refractivity contribution < 1.29 is 0 Å². The number of nitrogens with two attached hydrogens (primary N) is 1. The zero-order valence-electron chi connectivity index (χ0n) is 10.8. The second kappa shape index (κ2) is 5.46. The molecule has 1 aliphatic carbocycles. The fraction of sp³-hybridized carbons (Fsp3) is 0.769. The van der Waals surface area contributed by atoms with Crippen molar-refractivity contribution in [1.29, 1.82) is 0 Å². The van der Waals surface area contributed by atoms with Crippen LogP contribution in [0.4, 0.5) is 0 Å². The first kappa shape index (κ1) is 13.0. The molecule has 1 unspecified atom stereocenters. The van der Waals surface area contributed by atoms with Gasteiger partial charge in [0.2, 0.25) is 0 Å². The lowest BCUT2D eigenvalue weighted by Gasteiger charge is -2.29. The Morgan fingerprint density at radius 2 is 2.24 bits per heavy atom. The van der Waals surface area contributed by atoms with Crippen LogP contribution in [0, 0.1) is 12.3 Å². The van der Waals surface area contributed by atoms with Gasteiger partial charge in [0, 0.05) is 17.6 Å². The van der Waals surface area contributed by atoms with Crippen molar-refractivity contribution in [2.45, 2.75) is 45.6 Å². The summed E-state index contributed by atoms with van der Waals surface area (Å²) in [6, 6.07) is 0.345. The minimum absolute atomic E-state index is 0.345. The number of aromatic nitrogens is 1. The lowest BCUT2D eigenvalue weighted by molar-refractivity contribution is 0.279. The van der Waals surface area contributed by atoms with Gasteiger partial charge in [0.25, 0.3) is 0 Å². The van der Waals surface area contributed by atoms with E-state index in [0.29, 0.717) is 11.5 Å². The first-order valence-corrected chi connectivity index (χ1v) is 7.39. The third-order valence-electron chi connectivity index (χ3n) is 3.89. The molecule has 1 fully saturated rings. The van der Waals surface area contributed by atoms with Crippen molar-refractivity contribution in [2.75, 3.05) is 13.1 Å². The van der Waals surface area contributed by atoms with Gasteiger partial charge < -0.3 is 11.1 Å². The summed E-state index contributed by atoms with van der Waals surface area (Å²) in [5.41, 5.74) is 7.41. The average molecular weight is 253 g/mol. The third kappa shape index (κ3) is 3.06. The summed E-state index contributed by atoms with van der Waals surface area (Å²) in [6.45, 7) is 6.08. The molecule has 0 aromatic carbocycles. The fourth-order valence-electron chi connectivity index (χ4n) is 2.61. The molecule has 0 amide bonds. The van der Waals surface area contributed by atoms with Crippen LogP contribution in [0.15, 0.2) is 5.38 Å². The van der Waals surface area contributed by atoms with Gasteiger partial charge in [-0.3, -0.25) is 0 Å².